The molecule has 0 unspecified atom stereocenters. The van der Waals surface area contributed by atoms with Crippen LogP contribution in [0.15, 0.2) is 11.2 Å². The summed E-state index contributed by atoms with van der Waals surface area (Å²) in [6, 6.07) is 0. The van der Waals surface area contributed by atoms with E-state index in [1.165, 1.54) is 11.8 Å². The normalized spacial score (nSPS) is 10.8. The predicted octanol–water partition coefficient (Wildman–Crippen LogP) is 3.18. The molecule has 0 fully saturated rings. The van der Waals surface area contributed by atoms with E-state index in [4.69, 9.17) is 11.6 Å². The van der Waals surface area contributed by atoms with Gasteiger partial charge in [0, 0.05) is 0 Å². The zero-order valence-electron chi connectivity index (χ0n) is 9.01. The molecule has 0 aliphatic rings. The van der Waals surface area contributed by atoms with E-state index in [0.29, 0.717) is 10.9 Å². The van der Waals surface area contributed by atoms with Gasteiger partial charge >= 0.3 is 5.69 Å². The highest BCUT2D eigenvalue weighted by Gasteiger charge is 2.17. The fourth-order valence-corrected chi connectivity index (χ4v) is 2.35. The average Bonchev–Trinajstić information content (AvgIpc) is 2.16. The number of hydrogen-bond donors (Lipinski definition) is 0. The van der Waals surface area contributed by atoms with Gasteiger partial charge in [0.1, 0.15) is 6.20 Å². The molecular weight excluding hydrogens is 250 g/mol. The van der Waals surface area contributed by atoms with Gasteiger partial charge in [0.25, 0.3) is 0 Å². The summed E-state index contributed by atoms with van der Waals surface area (Å²) in [6.45, 7) is 4.20. The Kier molecular flexibility index (Phi) is 4.95. The summed E-state index contributed by atoms with van der Waals surface area (Å²) in [7, 11) is 0. The third kappa shape index (κ3) is 3.94. The molecule has 1 aromatic heterocycles. The highest BCUT2D eigenvalue weighted by Crippen LogP contribution is 2.28. The fourth-order valence-electron chi connectivity index (χ4n) is 0.962. The molecule has 7 heteroatoms. The number of nitro groups is 1. The summed E-state index contributed by atoms with van der Waals surface area (Å²) in [5.74, 6) is 1.34. The number of hydrogen-bond acceptors (Lipinski definition) is 5. The smallest absolute Gasteiger partial charge is 0.258 e. The molecular formula is C9H12ClN3O2S. The van der Waals surface area contributed by atoms with Crippen molar-refractivity contribution >= 4 is 29.1 Å². The first-order chi connectivity index (χ1) is 7.50. The molecule has 1 heterocycles. The van der Waals surface area contributed by atoms with Crippen molar-refractivity contribution in [2.45, 2.75) is 25.3 Å². The van der Waals surface area contributed by atoms with Crippen LogP contribution in [0, 0.1) is 16.0 Å². The lowest BCUT2D eigenvalue weighted by Crippen LogP contribution is -1.97. The SMILES string of the molecule is CC(C)CCSc1nc(Cl)ncc1[N+](=O)[O-]. The topological polar surface area (TPSA) is 68.9 Å². The van der Waals surface area contributed by atoms with E-state index < -0.39 is 4.92 Å². The van der Waals surface area contributed by atoms with Crippen LogP contribution < -0.4 is 0 Å². The molecule has 0 spiro atoms. The van der Waals surface area contributed by atoms with Crippen molar-refractivity contribution in [1.82, 2.24) is 9.97 Å². The second-order valence-corrected chi connectivity index (χ2v) is 5.04. The van der Waals surface area contributed by atoms with Gasteiger partial charge in [0.05, 0.1) is 4.92 Å². The molecule has 0 N–H and O–H groups in total. The van der Waals surface area contributed by atoms with E-state index in [2.05, 4.69) is 23.8 Å². The molecule has 88 valence electrons. The van der Waals surface area contributed by atoms with E-state index >= 15 is 0 Å². The number of nitrogens with zero attached hydrogens (tertiary/aromatic N) is 3. The summed E-state index contributed by atoms with van der Waals surface area (Å²) < 4.78 is 0. The standard InChI is InChI=1S/C9H12ClN3O2S/c1-6(2)3-4-16-8-7(13(14)15)5-11-9(10)12-8/h5-6H,3-4H2,1-2H3. The van der Waals surface area contributed by atoms with Crippen LogP contribution in [0.1, 0.15) is 20.3 Å². The summed E-state index contributed by atoms with van der Waals surface area (Å²) in [5, 5.41) is 11.1. The van der Waals surface area contributed by atoms with E-state index in [0.717, 1.165) is 18.4 Å². The molecule has 0 atom stereocenters. The Bertz CT molecular complexity index is 387. The van der Waals surface area contributed by atoms with Gasteiger partial charge in [0.2, 0.25) is 5.28 Å². The van der Waals surface area contributed by atoms with Gasteiger partial charge < -0.3 is 0 Å². The van der Waals surface area contributed by atoms with Crippen molar-refractivity contribution in [2.24, 2.45) is 5.92 Å². The second-order valence-electron chi connectivity index (χ2n) is 3.62. The fraction of sp³-hybridized carbons (Fsp3) is 0.556. The molecule has 1 aromatic rings. The van der Waals surface area contributed by atoms with E-state index in [9.17, 15) is 10.1 Å². The van der Waals surface area contributed by atoms with Crippen LogP contribution in [-0.4, -0.2) is 20.6 Å². The zero-order chi connectivity index (χ0) is 12.1. The third-order valence-corrected chi connectivity index (χ3v) is 3.03. The Labute approximate surface area is 103 Å². The molecule has 0 aliphatic carbocycles. The third-order valence-electron chi connectivity index (χ3n) is 1.84. The first-order valence-electron chi connectivity index (χ1n) is 4.80. The lowest BCUT2D eigenvalue weighted by atomic mass is 10.2. The van der Waals surface area contributed by atoms with Crippen LogP contribution >= 0.6 is 23.4 Å². The maximum Gasteiger partial charge on any atom is 0.319 e. The van der Waals surface area contributed by atoms with Crippen molar-refractivity contribution < 1.29 is 4.92 Å². The maximum atomic E-state index is 10.7. The van der Waals surface area contributed by atoms with Crippen molar-refractivity contribution in [3.8, 4) is 0 Å². The molecule has 5 nitrogen and oxygen atoms in total. The Morgan fingerprint density at radius 3 is 2.88 bits per heavy atom. The zero-order valence-corrected chi connectivity index (χ0v) is 10.6. The molecule has 0 aliphatic heterocycles. The van der Waals surface area contributed by atoms with Crippen molar-refractivity contribution in [3.63, 3.8) is 0 Å². The minimum atomic E-state index is -0.492. The monoisotopic (exact) mass is 261 g/mol. The predicted molar refractivity (Wildman–Crippen MR) is 63.9 cm³/mol. The van der Waals surface area contributed by atoms with Gasteiger partial charge in [-0.15, -0.1) is 0 Å². The molecule has 0 bridgehead atoms. The highest BCUT2D eigenvalue weighted by molar-refractivity contribution is 7.99. The van der Waals surface area contributed by atoms with E-state index in [1.54, 1.807) is 0 Å². The molecule has 0 saturated carbocycles. The minimum Gasteiger partial charge on any atom is -0.258 e. The van der Waals surface area contributed by atoms with Crippen LogP contribution in [-0.2, 0) is 0 Å². The van der Waals surface area contributed by atoms with Crippen molar-refractivity contribution in [1.29, 1.82) is 0 Å². The Hall–Kier alpha value is -0.880. The van der Waals surface area contributed by atoms with Crippen LogP contribution in [0.5, 0.6) is 0 Å². The van der Waals surface area contributed by atoms with Crippen LogP contribution in [0.25, 0.3) is 0 Å². The molecule has 0 aromatic carbocycles. The van der Waals surface area contributed by atoms with Gasteiger partial charge in [-0.05, 0) is 29.7 Å². The summed E-state index contributed by atoms with van der Waals surface area (Å²) in [5.41, 5.74) is -0.0850. The average molecular weight is 262 g/mol. The lowest BCUT2D eigenvalue weighted by Gasteiger charge is -2.04. The number of rotatable bonds is 5. The largest absolute Gasteiger partial charge is 0.319 e. The molecule has 0 saturated heterocycles. The van der Waals surface area contributed by atoms with Gasteiger partial charge in [-0.3, -0.25) is 10.1 Å². The first kappa shape index (κ1) is 13.2. The van der Waals surface area contributed by atoms with Crippen LogP contribution in [0.4, 0.5) is 5.69 Å². The number of aromatic nitrogens is 2. The van der Waals surface area contributed by atoms with Crippen LogP contribution in [0.3, 0.4) is 0 Å². The Morgan fingerprint density at radius 2 is 2.31 bits per heavy atom. The van der Waals surface area contributed by atoms with Crippen molar-refractivity contribution in [2.75, 3.05) is 5.75 Å². The summed E-state index contributed by atoms with van der Waals surface area (Å²) in [4.78, 5) is 17.7. The van der Waals surface area contributed by atoms with E-state index in [-0.39, 0.29) is 11.0 Å². The Morgan fingerprint density at radius 1 is 1.62 bits per heavy atom. The van der Waals surface area contributed by atoms with Gasteiger partial charge in [-0.1, -0.05) is 25.6 Å². The highest BCUT2D eigenvalue weighted by atomic mass is 35.5. The van der Waals surface area contributed by atoms with Gasteiger partial charge in [-0.2, -0.15) is 0 Å². The minimum absolute atomic E-state index is 0.0395. The second kappa shape index (κ2) is 6.00. The quantitative estimate of drug-likeness (QED) is 0.268. The lowest BCUT2D eigenvalue weighted by molar-refractivity contribution is -0.388. The van der Waals surface area contributed by atoms with E-state index in [1.807, 2.05) is 0 Å². The Balaban J connectivity index is 2.76. The number of halogens is 1. The first-order valence-corrected chi connectivity index (χ1v) is 6.16. The van der Waals surface area contributed by atoms with Gasteiger partial charge in [-0.25, -0.2) is 9.97 Å². The van der Waals surface area contributed by atoms with Gasteiger partial charge in [0.15, 0.2) is 5.03 Å². The molecule has 1 rings (SSSR count). The molecule has 0 radical (unpaired) electrons. The molecule has 16 heavy (non-hydrogen) atoms. The van der Waals surface area contributed by atoms with Crippen LogP contribution in [0.2, 0.25) is 5.28 Å². The molecule has 0 amide bonds. The maximum absolute atomic E-state index is 10.7. The number of thioether (sulfide) groups is 1. The summed E-state index contributed by atoms with van der Waals surface area (Å²) in [6.07, 6.45) is 2.12. The van der Waals surface area contributed by atoms with Crippen molar-refractivity contribution in [3.05, 3.63) is 21.6 Å². The summed E-state index contributed by atoms with van der Waals surface area (Å²) >= 11 is 6.95.